The lowest BCUT2D eigenvalue weighted by molar-refractivity contribution is -0.384. The number of allylic oxidation sites excluding steroid dienone is 2. The van der Waals surface area contributed by atoms with E-state index in [0.29, 0.717) is 0 Å². The Labute approximate surface area is 166 Å². The molecule has 2 aromatic rings. The van der Waals surface area contributed by atoms with Crippen molar-refractivity contribution in [1.29, 1.82) is 5.26 Å². The van der Waals surface area contributed by atoms with Gasteiger partial charge in [0.15, 0.2) is 5.78 Å². The molecule has 9 nitrogen and oxygen atoms in total. The summed E-state index contributed by atoms with van der Waals surface area (Å²) in [4.78, 5) is 36.2. The van der Waals surface area contributed by atoms with Gasteiger partial charge in [0, 0.05) is 23.4 Å². The van der Waals surface area contributed by atoms with Gasteiger partial charge in [-0.2, -0.15) is 5.26 Å². The molecule has 0 aliphatic rings. The highest BCUT2D eigenvalue weighted by molar-refractivity contribution is 6.09. The van der Waals surface area contributed by atoms with Gasteiger partial charge in [-0.15, -0.1) is 0 Å². The van der Waals surface area contributed by atoms with Gasteiger partial charge >= 0.3 is 5.97 Å². The van der Waals surface area contributed by atoms with Gasteiger partial charge in [0.25, 0.3) is 5.69 Å². The zero-order valence-corrected chi connectivity index (χ0v) is 15.8. The van der Waals surface area contributed by atoms with E-state index >= 15 is 0 Å². The molecule has 1 heterocycles. The molecule has 2 N–H and O–H groups in total. The number of nitriles is 1. The number of nitro groups is 1. The third-order valence-corrected chi connectivity index (χ3v) is 4.22. The van der Waals surface area contributed by atoms with Crippen molar-refractivity contribution < 1.29 is 23.7 Å². The molecule has 150 valence electrons. The quantitative estimate of drug-likeness (QED) is 0.178. The molecule has 0 amide bonds. The molecule has 1 aromatic heterocycles. The molecule has 0 radical (unpaired) electrons. The van der Waals surface area contributed by atoms with E-state index in [0.717, 1.165) is 12.1 Å². The van der Waals surface area contributed by atoms with Gasteiger partial charge in [0.05, 0.1) is 35.4 Å². The average Bonchev–Trinajstić information content (AvgIpc) is 3.22. The lowest BCUT2D eigenvalue weighted by Crippen LogP contribution is -2.33. The standard InChI is InChI=1S/C20H19N3O6/c1-3-28-20(25)18(19(24)13-6-8-14(9-7-13)23(26)27)17(15(11-21)12(2)22)16-5-4-10-29-16/h4-10,17-18H,3,22H2,1-2H3. The number of ether oxygens (including phenoxy) is 1. The Morgan fingerprint density at radius 2 is 1.97 bits per heavy atom. The number of non-ortho nitro benzene ring substituents is 1. The van der Waals surface area contributed by atoms with E-state index in [-0.39, 0.29) is 34.9 Å². The molecule has 9 heteroatoms. The van der Waals surface area contributed by atoms with E-state index in [1.54, 1.807) is 13.0 Å². The number of rotatable bonds is 8. The van der Waals surface area contributed by atoms with Crippen molar-refractivity contribution >= 4 is 17.4 Å². The minimum absolute atomic E-state index is 0.00624. The number of nitrogens with two attached hydrogens (primary N) is 1. The summed E-state index contributed by atoms with van der Waals surface area (Å²) in [5, 5.41) is 20.5. The van der Waals surface area contributed by atoms with E-state index < -0.39 is 28.5 Å². The lowest BCUT2D eigenvalue weighted by Gasteiger charge is -2.23. The average molecular weight is 397 g/mol. The summed E-state index contributed by atoms with van der Waals surface area (Å²) < 4.78 is 10.5. The zero-order valence-electron chi connectivity index (χ0n) is 15.8. The fourth-order valence-corrected chi connectivity index (χ4v) is 2.90. The van der Waals surface area contributed by atoms with Gasteiger partial charge in [-0.25, -0.2) is 0 Å². The van der Waals surface area contributed by atoms with Gasteiger partial charge in [0.1, 0.15) is 11.7 Å². The Morgan fingerprint density at radius 1 is 1.31 bits per heavy atom. The van der Waals surface area contributed by atoms with Crippen molar-refractivity contribution in [3.05, 3.63) is 75.4 Å². The first-order valence-electron chi connectivity index (χ1n) is 8.66. The van der Waals surface area contributed by atoms with E-state index in [2.05, 4.69) is 0 Å². The van der Waals surface area contributed by atoms with Gasteiger partial charge in [-0.05, 0) is 38.1 Å². The third kappa shape index (κ3) is 4.68. The van der Waals surface area contributed by atoms with Crippen LogP contribution in [0.4, 0.5) is 5.69 Å². The van der Waals surface area contributed by atoms with Gasteiger partial charge in [-0.3, -0.25) is 19.7 Å². The van der Waals surface area contributed by atoms with E-state index in [9.17, 15) is 25.0 Å². The number of benzene rings is 1. The lowest BCUT2D eigenvalue weighted by atomic mass is 9.79. The summed E-state index contributed by atoms with van der Waals surface area (Å²) >= 11 is 0. The Balaban J connectivity index is 2.62. The highest BCUT2D eigenvalue weighted by Gasteiger charge is 2.42. The minimum Gasteiger partial charge on any atom is -0.469 e. The van der Waals surface area contributed by atoms with Crippen molar-refractivity contribution in [2.75, 3.05) is 6.61 Å². The molecule has 2 unspecified atom stereocenters. The van der Waals surface area contributed by atoms with Crippen molar-refractivity contribution in [2.45, 2.75) is 19.8 Å². The predicted octanol–water partition coefficient (Wildman–Crippen LogP) is 3.09. The number of nitrogens with zero attached hydrogens (tertiary/aromatic N) is 2. The molecule has 0 spiro atoms. The third-order valence-electron chi connectivity index (χ3n) is 4.22. The number of furan rings is 1. The summed E-state index contributed by atoms with van der Waals surface area (Å²) in [5.74, 6) is -3.91. The van der Waals surface area contributed by atoms with Crippen LogP contribution < -0.4 is 5.73 Å². The van der Waals surface area contributed by atoms with Crippen LogP contribution in [0.5, 0.6) is 0 Å². The summed E-state index contributed by atoms with van der Waals surface area (Å²) in [6.45, 7) is 3.08. The fraction of sp³-hybridized carbons (Fsp3) is 0.250. The van der Waals surface area contributed by atoms with Crippen LogP contribution in [-0.2, 0) is 9.53 Å². The first kappa shape index (κ1) is 21.4. The molecule has 0 aliphatic carbocycles. The summed E-state index contributed by atoms with van der Waals surface area (Å²) in [6, 6.07) is 9.84. The Kier molecular flexibility index (Phi) is 6.87. The van der Waals surface area contributed by atoms with Crippen LogP contribution in [0, 0.1) is 27.4 Å². The van der Waals surface area contributed by atoms with Crippen LogP contribution in [0.2, 0.25) is 0 Å². The second-order valence-corrected chi connectivity index (χ2v) is 6.10. The second kappa shape index (κ2) is 9.32. The van der Waals surface area contributed by atoms with Crippen LogP contribution in [0.25, 0.3) is 0 Å². The topological polar surface area (TPSA) is 149 Å². The largest absolute Gasteiger partial charge is 0.469 e. The van der Waals surface area contributed by atoms with Gasteiger partial charge in [-0.1, -0.05) is 0 Å². The number of hydrogen-bond acceptors (Lipinski definition) is 8. The number of carbonyl (C=O) groups is 2. The maximum atomic E-state index is 13.2. The molecule has 2 rings (SSSR count). The summed E-state index contributed by atoms with van der Waals surface area (Å²) in [5.41, 5.74) is 5.80. The molecular weight excluding hydrogens is 378 g/mol. The minimum atomic E-state index is -1.46. The highest BCUT2D eigenvalue weighted by Crippen LogP contribution is 2.36. The van der Waals surface area contributed by atoms with Crippen molar-refractivity contribution in [3.8, 4) is 6.07 Å². The van der Waals surface area contributed by atoms with Gasteiger partial charge < -0.3 is 14.9 Å². The monoisotopic (exact) mass is 397 g/mol. The molecule has 0 saturated heterocycles. The zero-order chi connectivity index (χ0) is 21.6. The van der Waals surface area contributed by atoms with E-state index in [1.807, 2.05) is 6.07 Å². The first-order valence-corrected chi connectivity index (χ1v) is 8.66. The predicted molar refractivity (Wildman–Crippen MR) is 101 cm³/mol. The van der Waals surface area contributed by atoms with Crippen LogP contribution >= 0.6 is 0 Å². The van der Waals surface area contributed by atoms with Crippen molar-refractivity contribution in [2.24, 2.45) is 11.7 Å². The fourth-order valence-electron chi connectivity index (χ4n) is 2.90. The van der Waals surface area contributed by atoms with Crippen LogP contribution in [0.3, 0.4) is 0 Å². The molecule has 0 fully saturated rings. The molecule has 29 heavy (non-hydrogen) atoms. The Morgan fingerprint density at radius 3 is 2.41 bits per heavy atom. The number of Topliss-reactive ketones (excluding diaryl/α,β-unsaturated/α-hetero) is 1. The number of esters is 1. The smallest absolute Gasteiger partial charge is 0.317 e. The number of ketones is 1. The normalized spacial score (nSPS) is 13.6. The second-order valence-electron chi connectivity index (χ2n) is 6.10. The molecular formula is C20H19N3O6. The summed E-state index contributed by atoms with van der Waals surface area (Å²) in [6.07, 6.45) is 1.35. The number of nitro benzene ring substituents is 1. The van der Waals surface area contributed by atoms with E-state index in [4.69, 9.17) is 14.9 Å². The van der Waals surface area contributed by atoms with E-state index in [1.165, 1.54) is 31.4 Å². The summed E-state index contributed by atoms with van der Waals surface area (Å²) in [7, 11) is 0. The molecule has 0 bridgehead atoms. The maximum absolute atomic E-state index is 13.2. The molecule has 2 atom stereocenters. The maximum Gasteiger partial charge on any atom is 0.317 e. The van der Waals surface area contributed by atoms with Crippen LogP contribution in [0.1, 0.15) is 35.9 Å². The van der Waals surface area contributed by atoms with Gasteiger partial charge in [0.2, 0.25) is 0 Å². The van der Waals surface area contributed by atoms with Crippen LogP contribution in [-0.4, -0.2) is 23.3 Å². The van der Waals surface area contributed by atoms with Crippen molar-refractivity contribution in [3.63, 3.8) is 0 Å². The highest BCUT2D eigenvalue weighted by atomic mass is 16.6. The number of hydrogen-bond donors (Lipinski definition) is 1. The SMILES string of the molecule is CCOC(=O)C(C(=O)c1ccc([N+](=O)[O-])cc1)C(C(C#N)=C(C)N)c1ccco1. The first-order chi connectivity index (χ1) is 13.8. The Bertz CT molecular complexity index is 967. The molecule has 1 aromatic carbocycles. The molecule has 0 saturated carbocycles. The van der Waals surface area contributed by atoms with Crippen LogP contribution in [0.15, 0.2) is 58.3 Å². The molecule has 0 aliphatic heterocycles. The Hall–Kier alpha value is -3.93. The van der Waals surface area contributed by atoms with Crippen molar-refractivity contribution in [1.82, 2.24) is 0 Å². The number of carbonyl (C=O) groups excluding carboxylic acids is 2.